The second kappa shape index (κ2) is 7.85. The van der Waals surface area contributed by atoms with Gasteiger partial charge in [-0.05, 0) is 38.1 Å². The van der Waals surface area contributed by atoms with Crippen molar-refractivity contribution in [3.63, 3.8) is 0 Å². The first kappa shape index (κ1) is 18.5. The first-order valence-corrected chi connectivity index (χ1v) is 7.74. The third kappa shape index (κ3) is 4.60. The number of hydrogen-bond acceptors (Lipinski definition) is 5. The van der Waals surface area contributed by atoms with Crippen LogP contribution in [0.15, 0.2) is 30.5 Å². The van der Waals surface area contributed by atoms with Crippen LogP contribution in [0, 0.1) is 0 Å². The molecule has 2 aromatic rings. The summed E-state index contributed by atoms with van der Waals surface area (Å²) >= 11 is 5.99. The molecule has 2 rings (SSSR count). The van der Waals surface area contributed by atoms with E-state index in [9.17, 15) is 14.4 Å². The monoisotopic (exact) mass is 364 g/mol. The van der Waals surface area contributed by atoms with Crippen molar-refractivity contribution in [2.24, 2.45) is 0 Å². The van der Waals surface area contributed by atoms with E-state index >= 15 is 0 Å². The van der Waals surface area contributed by atoms with Crippen molar-refractivity contribution in [3.05, 3.63) is 46.7 Å². The Bertz CT molecular complexity index is 815. The van der Waals surface area contributed by atoms with E-state index in [1.54, 1.807) is 12.1 Å². The number of amides is 1. The number of halogens is 1. The molecule has 1 amide bonds. The summed E-state index contributed by atoms with van der Waals surface area (Å²) in [4.78, 5) is 38.0. The number of carbonyl (C=O) groups excluding carboxylic acids is 3. The number of nitrogens with one attached hydrogen (secondary N) is 2. The second-order valence-corrected chi connectivity index (χ2v) is 5.65. The third-order valence-corrected chi connectivity index (χ3v) is 3.68. The molecule has 1 aromatic heterocycles. The number of aromatic nitrogens is 1. The molecule has 1 aromatic carbocycles. The quantitative estimate of drug-likeness (QED) is 0.606. The molecule has 0 aliphatic rings. The molecule has 0 fully saturated rings. The predicted molar refractivity (Wildman–Crippen MR) is 92.3 cm³/mol. The molecule has 0 radical (unpaired) electrons. The molecule has 2 N–H and O–H groups in total. The van der Waals surface area contributed by atoms with Gasteiger partial charge in [0.15, 0.2) is 11.9 Å². The van der Waals surface area contributed by atoms with Crippen molar-refractivity contribution < 1.29 is 23.9 Å². The van der Waals surface area contributed by atoms with E-state index in [0.29, 0.717) is 22.0 Å². The minimum absolute atomic E-state index is 0.0948. The van der Waals surface area contributed by atoms with E-state index in [2.05, 4.69) is 10.3 Å². The van der Waals surface area contributed by atoms with Gasteiger partial charge in [0.1, 0.15) is 11.4 Å². The van der Waals surface area contributed by atoms with Gasteiger partial charge in [-0.2, -0.15) is 0 Å². The van der Waals surface area contributed by atoms with Crippen LogP contribution in [0.4, 0.5) is 5.69 Å². The highest BCUT2D eigenvalue weighted by Crippen LogP contribution is 2.27. The van der Waals surface area contributed by atoms with E-state index in [0.717, 1.165) is 0 Å². The van der Waals surface area contributed by atoms with Gasteiger partial charge in [0.2, 0.25) is 0 Å². The van der Waals surface area contributed by atoms with Gasteiger partial charge < -0.3 is 19.8 Å². The van der Waals surface area contributed by atoms with Gasteiger partial charge in [0.25, 0.3) is 5.91 Å². The van der Waals surface area contributed by atoms with Crippen LogP contribution in [0.25, 0.3) is 0 Å². The number of benzene rings is 1. The van der Waals surface area contributed by atoms with Crippen LogP contribution in [-0.2, 0) is 9.53 Å². The lowest BCUT2D eigenvalue weighted by Gasteiger charge is -2.13. The SMILES string of the molecule is COc1ccc(NC(=O)[C@H](C)OC(=O)c2cc(C(C)=O)c[nH]2)cc1Cl. The summed E-state index contributed by atoms with van der Waals surface area (Å²) in [6, 6.07) is 6.12. The van der Waals surface area contributed by atoms with Crippen LogP contribution >= 0.6 is 11.6 Å². The maximum atomic E-state index is 12.1. The topological polar surface area (TPSA) is 97.5 Å². The van der Waals surface area contributed by atoms with Gasteiger partial charge in [-0.1, -0.05) is 11.6 Å². The van der Waals surface area contributed by atoms with E-state index in [1.165, 1.54) is 39.3 Å². The molecule has 1 atom stereocenters. The van der Waals surface area contributed by atoms with Crippen molar-refractivity contribution in [3.8, 4) is 5.75 Å². The number of H-pyrrole nitrogens is 1. The number of aromatic amines is 1. The average Bonchev–Trinajstić information content (AvgIpc) is 3.05. The van der Waals surface area contributed by atoms with Crippen LogP contribution < -0.4 is 10.1 Å². The highest BCUT2D eigenvalue weighted by atomic mass is 35.5. The predicted octanol–water partition coefficient (Wildman–Crippen LogP) is 3.06. The van der Waals surface area contributed by atoms with E-state index in [1.807, 2.05) is 0 Å². The lowest BCUT2D eigenvalue weighted by atomic mass is 10.2. The van der Waals surface area contributed by atoms with Crippen molar-refractivity contribution >= 4 is 34.9 Å². The number of ketones is 1. The molecule has 1 heterocycles. The first-order valence-electron chi connectivity index (χ1n) is 7.36. The van der Waals surface area contributed by atoms with E-state index in [-0.39, 0.29) is 11.5 Å². The molecule has 0 unspecified atom stereocenters. The Labute approximate surface area is 149 Å². The summed E-state index contributed by atoms with van der Waals surface area (Å²) < 4.78 is 10.1. The fourth-order valence-corrected chi connectivity index (χ4v) is 2.24. The Morgan fingerprint density at radius 1 is 1.24 bits per heavy atom. The van der Waals surface area contributed by atoms with E-state index < -0.39 is 18.0 Å². The molecule has 25 heavy (non-hydrogen) atoms. The van der Waals surface area contributed by atoms with Crippen LogP contribution in [0.2, 0.25) is 5.02 Å². The minimum Gasteiger partial charge on any atom is -0.495 e. The molecule has 132 valence electrons. The summed E-state index contributed by atoms with van der Waals surface area (Å²) in [5.41, 5.74) is 0.895. The molecule has 0 saturated carbocycles. The summed E-state index contributed by atoms with van der Waals surface area (Å²) in [6.45, 7) is 2.82. The average molecular weight is 365 g/mol. The molecular formula is C17H17ClN2O5. The van der Waals surface area contributed by atoms with Crippen molar-refractivity contribution in [1.29, 1.82) is 0 Å². The Hall–Kier alpha value is -2.80. The van der Waals surface area contributed by atoms with Crippen LogP contribution in [0.3, 0.4) is 0 Å². The zero-order valence-electron chi connectivity index (χ0n) is 13.9. The summed E-state index contributed by atoms with van der Waals surface area (Å²) in [5, 5.41) is 2.93. The maximum absolute atomic E-state index is 12.1. The zero-order chi connectivity index (χ0) is 18.6. The summed E-state index contributed by atoms with van der Waals surface area (Å²) in [7, 11) is 1.49. The standard InChI is InChI=1S/C17H17ClN2O5/c1-9(21)11-6-14(19-8-11)17(23)25-10(2)16(22)20-12-4-5-15(24-3)13(18)7-12/h4-8,10,19H,1-3H3,(H,20,22)/t10-/m0/s1. The molecule has 0 spiro atoms. The zero-order valence-corrected chi connectivity index (χ0v) is 14.6. The van der Waals surface area contributed by atoms with Crippen LogP contribution in [0.5, 0.6) is 5.75 Å². The largest absolute Gasteiger partial charge is 0.495 e. The van der Waals surface area contributed by atoms with Crippen molar-refractivity contribution in [1.82, 2.24) is 4.98 Å². The van der Waals surface area contributed by atoms with Gasteiger partial charge in [-0.3, -0.25) is 9.59 Å². The number of esters is 1. The number of rotatable bonds is 6. The molecular weight excluding hydrogens is 348 g/mol. The fraction of sp³-hybridized carbons (Fsp3) is 0.235. The molecule has 0 saturated heterocycles. The Balaban J connectivity index is 1.98. The molecule has 7 nitrogen and oxygen atoms in total. The Morgan fingerprint density at radius 3 is 2.52 bits per heavy atom. The molecule has 8 heteroatoms. The van der Waals surface area contributed by atoms with Crippen molar-refractivity contribution in [2.75, 3.05) is 12.4 Å². The first-order chi connectivity index (χ1) is 11.8. The highest BCUT2D eigenvalue weighted by Gasteiger charge is 2.21. The highest BCUT2D eigenvalue weighted by molar-refractivity contribution is 6.32. The molecule has 0 bridgehead atoms. The van der Waals surface area contributed by atoms with Gasteiger partial charge in [0, 0.05) is 17.4 Å². The van der Waals surface area contributed by atoms with Crippen LogP contribution in [-0.4, -0.2) is 35.9 Å². The van der Waals surface area contributed by atoms with Gasteiger partial charge >= 0.3 is 5.97 Å². The Kier molecular flexibility index (Phi) is 5.82. The molecule has 0 aliphatic heterocycles. The lowest BCUT2D eigenvalue weighted by Crippen LogP contribution is -2.30. The summed E-state index contributed by atoms with van der Waals surface area (Å²) in [6.07, 6.45) is 0.362. The number of anilines is 1. The van der Waals surface area contributed by atoms with E-state index in [4.69, 9.17) is 21.1 Å². The molecule has 0 aliphatic carbocycles. The smallest absolute Gasteiger partial charge is 0.355 e. The number of methoxy groups -OCH3 is 1. The van der Waals surface area contributed by atoms with Crippen LogP contribution in [0.1, 0.15) is 34.7 Å². The van der Waals surface area contributed by atoms with Gasteiger partial charge in [0.05, 0.1) is 12.1 Å². The number of carbonyl (C=O) groups is 3. The number of hydrogen-bond donors (Lipinski definition) is 2. The second-order valence-electron chi connectivity index (χ2n) is 5.24. The van der Waals surface area contributed by atoms with Gasteiger partial charge in [-0.25, -0.2) is 4.79 Å². The third-order valence-electron chi connectivity index (χ3n) is 3.38. The fourth-order valence-electron chi connectivity index (χ4n) is 1.98. The summed E-state index contributed by atoms with van der Waals surface area (Å²) in [5.74, 6) is -0.958. The normalized spacial score (nSPS) is 11.5. The number of ether oxygens (including phenoxy) is 2. The minimum atomic E-state index is -1.04. The Morgan fingerprint density at radius 2 is 1.96 bits per heavy atom. The lowest BCUT2D eigenvalue weighted by molar-refractivity contribution is -0.123. The number of Topliss-reactive ketones (excluding diaryl/α,β-unsaturated/α-hetero) is 1. The maximum Gasteiger partial charge on any atom is 0.355 e. The van der Waals surface area contributed by atoms with Crippen molar-refractivity contribution in [2.45, 2.75) is 20.0 Å². The van der Waals surface area contributed by atoms with Gasteiger partial charge in [-0.15, -0.1) is 0 Å².